The maximum absolute atomic E-state index is 12.5. The van der Waals surface area contributed by atoms with Crippen molar-refractivity contribution >= 4 is 11.6 Å². The zero-order chi connectivity index (χ0) is 19.2. The number of rotatable bonds is 8. The van der Waals surface area contributed by atoms with Gasteiger partial charge in [-0.2, -0.15) is 5.10 Å². The molecule has 27 heavy (non-hydrogen) atoms. The summed E-state index contributed by atoms with van der Waals surface area (Å²) in [5.41, 5.74) is 2.69. The Hall–Kier alpha value is -3.09. The number of hydrogen-bond donors (Lipinski definition) is 1. The predicted molar refractivity (Wildman–Crippen MR) is 103 cm³/mol. The molecule has 0 aliphatic heterocycles. The van der Waals surface area contributed by atoms with Gasteiger partial charge < -0.3 is 14.8 Å². The van der Waals surface area contributed by atoms with Crippen LogP contribution in [0.5, 0.6) is 11.5 Å². The lowest BCUT2D eigenvalue weighted by Crippen LogP contribution is -2.24. The number of hydrogen-bond acceptors (Lipinski definition) is 5. The van der Waals surface area contributed by atoms with Gasteiger partial charge in [-0.3, -0.25) is 4.79 Å². The second-order valence-electron chi connectivity index (χ2n) is 6.16. The Labute approximate surface area is 158 Å². The zero-order valence-corrected chi connectivity index (χ0v) is 15.9. The highest BCUT2D eigenvalue weighted by atomic mass is 16.5. The third-order valence-corrected chi connectivity index (χ3v) is 4.39. The number of methoxy groups -OCH3 is 2. The molecule has 0 spiro atoms. The van der Waals surface area contributed by atoms with Gasteiger partial charge in [0.2, 0.25) is 0 Å². The maximum atomic E-state index is 12.5. The van der Waals surface area contributed by atoms with E-state index < -0.39 is 0 Å². The molecule has 0 bridgehead atoms. The fraction of sp³-hybridized carbons (Fsp3) is 0.350. The van der Waals surface area contributed by atoms with Gasteiger partial charge in [0.15, 0.2) is 17.1 Å². The highest BCUT2D eigenvalue weighted by Gasteiger charge is 2.16. The Kier molecular flexibility index (Phi) is 5.90. The number of aromatic nitrogens is 3. The molecule has 3 aromatic rings. The molecule has 7 heteroatoms. The molecule has 3 rings (SSSR count). The summed E-state index contributed by atoms with van der Waals surface area (Å²) >= 11 is 0. The quantitative estimate of drug-likeness (QED) is 0.617. The van der Waals surface area contributed by atoms with Gasteiger partial charge in [0.05, 0.1) is 26.1 Å². The molecule has 0 aliphatic carbocycles. The molecule has 142 valence electrons. The monoisotopic (exact) mass is 368 g/mol. The van der Waals surface area contributed by atoms with Gasteiger partial charge in [0.25, 0.3) is 5.91 Å². The van der Waals surface area contributed by atoms with Crippen LogP contribution in [-0.2, 0) is 0 Å². The molecule has 1 amide bonds. The fourth-order valence-corrected chi connectivity index (χ4v) is 2.94. The number of carbonyl (C=O) groups is 1. The average Bonchev–Trinajstić information content (AvgIpc) is 3.15. The van der Waals surface area contributed by atoms with Gasteiger partial charge in [-0.25, -0.2) is 9.50 Å². The number of fused-ring (bicyclic) bond motifs is 1. The van der Waals surface area contributed by atoms with Crippen LogP contribution < -0.4 is 14.8 Å². The number of ether oxygens (including phenoxy) is 2. The molecular formula is C20H24N4O3. The van der Waals surface area contributed by atoms with Gasteiger partial charge in [-0.1, -0.05) is 19.8 Å². The number of carbonyl (C=O) groups excluding carboxylic acids is 1. The highest BCUT2D eigenvalue weighted by molar-refractivity contribution is 5.99. The van der Waals surface area contributed by atoms with Crippen LogP contribution in [-0.4, -0.2) is 41.3 Å². The lowest BCUT2D eigenvalue weighted by molar-refractivity contribution is 0.0954. The first kappa shape index (κ1) is 18.7. The first-order valence-electron chi connectivity index (χ1n) is 9.03. The highest BCUT2D eigenvalue weighted by Crippen LogP contribution is 2.32. The summed E-state index contributed by atoms with van der Waals surface area (Å²) in [4.78, 5) is 16.8. The van der Waals surface area contributed by atoms with Gasteiger partial charge in [-0.05, 0) is 30.7 Å². The Morgan fingerprint density at radius 2 is 1.96 bits per heavy atom. The number of benzene rings is 1. The third kappa shape index (κ3) is 3.86. The van der Waals surface area contributed by atoms with E-state index in [0.717, 1.165) is 30.5 Å². The SMILES string of the molecule is CCCCCNC(=O)c1cnn2c(-c3ccc(OC)c(OC)c3)ccnc12. The third-order valence-electron chi connectivity index (χ3n) is 4.39. The van der Waals surface area contributed by atoms with Crippen molar-refractivity contribution in [3.8, 4) is 22.8 Å². The summed E-state index contributed by atoms with van der Waals surface area (Å²) in [7, 11) is 3.19. The molecule has 0 atom stereocenters. The number of nitrogens with one attached hydrogen (secondary N) is 1. The van der Waals surface area contributed by atoms with Gasteiger partial charge in [0, 0.05) is 18.3 Å². The second kappa shape index (κ2) is 8.53. The van der Waals surface area contributed by atoms with Crippen molar-refractivity contribution in [2.45, 2.75) is 26.2 Å². The van der Waals surface area contributed by atoms with Crippen LogP contribution in [0.1, 0.15) is 36.5 Å². The largest absolute Gasteiger partial charge is 0.493 e. The number of unbranched alkanes of at least 4 members (excludes halogenated alkanes) is 2. The molecule has 7 nitrogen and oxygen atoms in total. The summed E-state index contributed by atoms with van der Waals surface area (Å²) in [6.45, 7) is 2.78. The van der Waals surface area contributed by atoms with E-state index in [1.807, 2.05) is 24.3 Å². The van der Waals surface area contributed by atoms with Crippen molar-refractivity contribution in [3.05, 3.63) is 42.2 Å². The van der Waals surface area contributed by atoms with Crippen molar-refractivity contribution in [2.24, 2.45) is 0 Å². The summed E-state index contributed by atoms with van der Waals surface area (Å²) in [6, 6.07) is 7.48. The Balaban J connectivity index is 1.93. The standard InChI is InChI=1S/C20H24N4O3/c1-4-5-6-10-22-20(25)15-13-23-24-16(9-11-21-19(15)24)14-7-8-17(26-2)18(12-14)27-3/h7-9,11-13H,4-6,10H2,1-3H3,(H,22,25). The van der Waals surface area contributed by atoms with Crippen molar-refractivity contribution in [1.82, 2.24) is 19.9 Å². The van der Waals surface area contributed by atoms with E-state index >= 15 is 0 Å². The van der Waals surface area contributed by atoms with E-state index in [2.05, 4.69) is 22.3 Å². The molecule has 2 heterocycles. The minimum absolute atomic E-state index is 0.155. The normalized spacial score (nSPS) is 10.8. The van der Waals surface area contributed by atoms with Crippen LogP contribution in [0.2, 0.25) is 0 Å². The zero-order valence-electron chi connectivity index (χ0n) is 15.9. The van der Waals surface area contributed by atoms with E-state index in [9.17, 15) is 4.79 Å². The molecule has 2 aromatic heterocycles. The van der Waals surface area contributed by atoms with E-state index in [-0.39, 0.29) is 5.91 Å². The van der Waals surface area contributed by atoms with E-state index in [0.29, 0.717) is 29.3 Å². The second-order valence-corrected chi connectivity index (χ2v) is 6.16. The number of amides is 1. The molecule has 0 radical (unpaired) electrons. The molecule has 0 saturated heterocycles. The van der Waals surface area contributed by atoms with Crippen molar-refractivity contribution in [2.75, 3.05) is 20.8 Å². The summed E-state index contributed by atoms with van der Waals surface area (Å²) in [5.74, 6) is 1.12. The molecule has 1 N–H and O–H groups in total. The van der Waals surface area contributed by atoms with E-state index in [1.165, 1.54) is 0 Å². The topological polar surface area (TPSA) is 77.8 Å². The van der Waals surface area contributed by atoms with E-state index in [4.69, 9.17) is 9.47 Å². The molecule has 0 aliphatic rings. The van der Waals surface area contributed by atoms with Crippen LogP contribution in [0.25, 0.3) is 16.9 Å². The lowest BCUT2D eigenvalue weighted by atomic mass is 10.1. The lowest BCUT2D eigenvalue weighted by Gasteiger charge is -2.10. The Morgan fingerprint density at radius 1 is 1.15 bits per heavy atom. The predicted octanol–water partition coefficient (Wildman–Crippen LogP) is 3.33. The minimum Gasteiger partial charge on any atom is -0.493 e. The Morgan fingerprint density at radius 3 is 2.70 bits per heavy atom. The van der Waals surface area contributed by atoms with Gasteiger partial charge >= 0.3 is 0 Å². The van der Waals surface area contributed by atoms with Crippen molar-refractivity contribution in [3.63, 3.8) is 0 Å². The van der Waals surface area contributed by atoms with E-state index in [1.54, 1.807) is 31.1 Å². The van der Waals surface area contributed by atoms with Gasteiger partial charge in [0.1, 0.15) is 5.56 Å². The first-order valence-corrected chi connectivity index (χ1v) is 9.03. The molecular weight excluding hydrogens is 344 g/mol. The Bertz CT molecular complexity index is 936. The van der Waals surface area contributed by atoms with Crippen LogP contribution in [0.3, 0.4) is 0 Å². The summed E-state index contributed by atoms with van der Waals surface area (Å²) in [6.07, 6.45) is 6.41. The average molecular weight is 368 g/mol. The molecule has 1 aromatic carbocycles. The molecule has 0 unspecified atom stereocenters. The smallest absolute Gasteiger partial charge is 0.256 e. The van der Waals surface area contributed by atoms with Crippen molar-refractivity contribution in [1.29, 1.82) is 0 Å². The van der Waals surface area contributed by atoms with Crippen LogP contribution in [0.15, 0.2) is 36.7 Å². The maximum Gasteiger partial charge on any atom is 0.256 e. The fourth-order valence-electron chi connectivity index (χ4n) is 2.94. The molecule has 0 fully saturated rings. The summed E-state index contributed by atoms with van der Waals surface area (Å²) in [5, 5.41) is 7.32. The van der Waals surface area contributed by atoms with Crippen LogP contribution >= 0.6 is 0 Å². The first-order chi connectivity index (χ1) is 13.2. The van der Waals surface area contributed by atoms with Gasteiger partial charge in [-0.15, -0.1) is 0 Å². The molecule has 0 saturated carbocycles. The number of nitrogens with zero attached hydrogens (tertiary/aromatic N) is 3. The van der Waals surface area contributed by atoms with Crippen molar-refractivity contribution < 1.29 is 14.3 Å². The summed E-state index contributed by atoms with van der Waals surface area (Å²) < 4.78 is 12.3. The minimum atomic E-state index is -0.155. The van der Waals surface area contributed by atoms with Crippen LogP contribution in [0.4, 0.5) is 0 Å². The van der Waals surface area contributed by atoms with Crippen LogP contribution in [0, 0.1) is 0 Å².